The van der Waals surface area contributed by atoms with E-state index in [-0.39, 0.29) is 29.1 Å². The molecule has 1 aromatic heterocycles. The van der Waals surface area contributed by atoms with Gasteiger partial charge in [-0.1, -0.05) is 23.7 Å². The summed E-state index contributed by atoms with van der Waals surface area (Å²) in [4.78, 5) is 12.1. The number of hydrogen-bond acceptors (Lipinski definition) is 4. The Morgan fingerprint density at radius 1 is 1.26 bits per heavy atom. The van der Waals surface area contributed by atoms with Gasteiger partial charge in [-0.15, -0.1) is 0 Å². The van der Waals surface area contributed by atoms with E-state index in [1.165, 1.54) is 0 Å². The number of halogens is 1. The SMILES string of the molecule is O=C(NCC1CCS(=O)(=O)C1)c1ccc(-c2ccccc2Cl)o1. The van der Waals surface area contributed by atoms with Crippen molar-refractivity contribution in [3.63, 3.8) is 0 Å². The minimum Gasteiger partial charge on any atom is -0.451 e. The Hall–Kier alpha value is -1.79. The van der Waals surface area contributed by atoms with E-state index in [0.29, 0.717) is 23.7 Å². The van der Waals surface area contributed by atoms with Gasteiger partial charge in [0.1, 0.15) is 5.76 Å². The molecular formula is C16H16ClNO4S. The third kappa shape index (κ3) is 3.76. The van der Waals surface area contributed by atoms with Gasteiger partial charge in [0.05, 0.1) is 16.5 Å². The molecule has 0 spiro atoms. The highest BCUT2D eigenvalue weighted by atomic mass is 35.5. The first-order chi connectivity index (χ1) is 10.9. The van der Waals surface area contributed by atoms with Crippen LogP contribution in [0.2, 0.25) is 5.02 Å². The predicted molar refractivity (Wildman–Crippen MR) is 88.2 cm³/mol. The van der Waals surface area contributed by atoms with E-state index in [1.54, 1.807) is 18.2 Å². The molecular weight excluding hydrogens is 338 g/mol. The normalized spacial score (nSPS) is 19.6. The summed E-state index contributed by atoms with van der Waals surface area (Å²) in [5.74, 6) is 0.654. The van der Waals surface area contributed by atoms with Crippen LogP contribution in [0.4, 0.5) is 0 Å². The first kappa shape index (κ1) is 16.1. The van der Waals surface area contributed by atoms with Crippen LogP contribution < -0.4 is 5.32 Å². The summed E-state index contributed by atoms with van der Waals surface area (Å²) in [6, 6.07) is 10.5. The Kier molecular flexibility index (Phi) is 4.46. The number of sulfone groups is 1. The summed E-state index contributed by atoms with van der Waals surface area (Å²) < 4.78 is 28.4. The van der Waals surface area contributed by atoms with E-state index in [4.69, 9.17) is 16.0 Å². The van der Waals surface area contributed by atoms with Gasteiger partial charge in [0.25, 0.3) is 5.91 Å². The molecule has 1 atom stereocenters. The molecule has 7 heteroatoms. The molecule has 0 bridgehead atoms. The number of carbonyl (C=O) groups excluding carboxylic acids is 1. The topological polar surface area (TPSA) is 76.4 Å². The van der Waals surface area contributed by atoms with Crippen LogP contribution >= 0.6 is 11.6 Å². The molecule has 1 saturated heterocycles. The maximum Gasteiger partial charge on any atom is 0.287 e. The van der Waals surface area contributed by atoms with Crippen LogP contribution in [0.5, 0.6) is 0 Å². The Morgan fingerprint density at radius 2 is 2.04 bits per heavy atom. The molecule has 122 valence electrons. The third-order valence-corrected chi connectivity index (χ3v) is 6.01. The van der Waals surface area contributed by atoms with Gasteiger partial charge >= 0.3 is 0 Å². The van der Waals surface area contributed by atoms with Crippen molar-refractivity contribution in [3.8, 4) is 11.3 Å². The second kappa shape index (κ2) is 6.37. The number of rotatable bonds is 4. The number of benzene rings is 1. The van der Waals surface area contributed by atoms with Crippen molar-refractivity contribution in [3.05, 3.63) is 47.2 Å². The highest BCUT2D eigenvalue weighted by molar-refractivity contribution is 7.91. The number of carbonyl (C=O) groups is 1. The fourth-order valence-corrected chi connectivity index (χ4v) is 4.71. The quantitative estimate of drug-likeness (QED) is 0.916. The van der Waals surface area contributed by atoms with Crippen molar-refractivity contribution < 1.29 is 17.6 Å². The largest absolute Gasteiger partial charge is 0.451 e. The fraction of sp³-hybridized carbons (Fsp3) is 0.312. The molecule has 23 heavy (non-hydrogen) atoms. The molecule has 1 amide bonds. The zero-order valence-electron chi connectivity index (χ0n) is 12.3. The molecule has 0 radical (unpaired) electrons. The smallest absolute Gasteiger partial charge is 0.287 e. The van der Waals surface area contributed by atoms with Crippen LogP contribution in [0.3, 0.4) is 0 Å². The number of amides is 1. The van der Waals surface area contributed by atoms with Crippen LogP contribution in [0.15, 0.2) is 40.8 Å². The predicted octanol–water partition coefficient (Wildman–Crippen LogP) is 2.76. The van der Waals surface area contributed by atoms with E-state index >= 15 is 0 Å². The monoisotopic (exact) mass is 353 g/mol. The minimum atomic E-state index is -2.93. The zero-order valence-corrected chi connectivity index (χ0v) is 13.9. The summed E-state index contributed by atoms with van der Waals surface area (Å²) >= 11 is 6.10. The van der Waals surface area contributed by atoms with Gasteiger partial charge in [-0.05, 0) is 36.6 Å². The fourth-order valence-electron chi connectivity index (χ4n) is 2.62. The van der Waals surface area contributed by atoms with Crippen LogP contribution in [-0.2, 0) is 9.84 Å². The molecule has 1 unspecified atom stereocenters. The third-order valence-electron chi connectivity index (χ3n) is 3.85. The Balaban J connectivity index is 1.64. The summed E-state index contributed by atoms with van der Waals surface area (Å²) in [5.41, 5.74) is 0.718. The van der Waals surface area contributed by atoms with Crippen LogP contribution in [0, 0.1) is 5.92 Å². The highest BCUT2D eigenvalue weighted by Crippen LogP contribution is 2.29. The molecule has 1 aliphatic heterocycles. The lowest BCUT2D eigenvalue weighted by molar-refractivity contribution is 0.0921. The standard InChI is InChI=1S/C16H16ClNO4S/c17-13-4-2-1-3-12(13)14-5-6-15(22-14)16(19)18-9-11-7-8-23(20,21)10-11/h1-6,11H,7-10H2,(H,18,19). The number of hydrogen-bond donors (Lipinski definition) is 1. The van der Waals surface area contributed by atoms with Crippen LogP contribution in [0.1, 0.15) is 17.0 Å². The maximum absolute atomic E-state index is 12.1. The molecule has 1 aliphatic rings. The molecule has 5 nitrogen and oxygen atoms in total. The molecule has 1 N–H and O–H groups in total. The van der Waals surface area contributed by atoms with Crippen molar-refractivity contribution in [1.29, 1.82) is 0 Å². The van der Waals surface area contributed by atoms with Crippen molar-refractivity contribution >= 4 is 27.3 Å². The van der Waals surface area contributed by atoms with Gasteiger partial charge in [-0.3, -0.25) is 4.79 Å². The van der Waals surface area contributed by atoms with E-state index in [9.17, 15) is 13.2 Å². The molecule has 2 heterocycles. The zero-order chi connectivity index (χ0) is 16.4. The average molecular weight is 354 g/mol. The van der Waals surface area contributed by atoms with Crippen LogP contribution in [-0.4, -0.2) is 32.4 Å². The van der Waals surface area contributed by atoms with E-state index in [1.807, 2.05) is 18.2 Å². The average Bonchev–Trinajstić information content (AvgIpc) is 3.12. The maximum atomic E-state index is 12.1. The van der Waals surface area contributed by atoms with Crippen molar-refractivity contribution in [2.75, 3.05) is 18.1 Å². The second-order valence-corrected chi connectivity index (χ2v) is 8.26. The number of furan rings is 1. The summed E-state index contributed by atoms with van der Waals surface area (Å²) in [7, 11) is -2.93. The first-order valence-electron chi connectivity index (χ1n) is 7.28. The lowest BCUT2D eigenvalue weighted by atomic mass is 10.1. The molecule has 2 aromatic rings. The lowest BCUT2D eigenvalue weighted by Crippen LogP contribution is -2.29. The van der Waals surface area contributed by atoms with Crippen molar-refractivity contribution in [2.45, 2.75) is 6.42 Å². The van der Waals surface area contributed by atoms with Gasteiger partial charge in [-0.2, -0.15) is 0 Å². The van der Waals surface area contributed by atoms with Crippen LogP contribution in [0.25, 0.3) is 11.3 Å². The molecule has 1 aromatic carbocycles. The Bertz CT molecular complexity index is 828. The van der Waals surface area contributed by atoms with Gasteiger partial charge in [-0.25, -0.2) is 8.42 Å². The van der Waals surface area contributed by atoms with Crippen molar-refractivity contribution in [1.82, 2.24) is 5.32 Å². The molecule has 1 fully saturated rings. The van der Waals surface area contributed by atoms with Gasteiger partial charge in [0.15, 0.2) is 15.6 Å². The lowest BCUT2D eigenvalue weighted by Gasteiger charge is -2.08. The van der Waals surface area contributed by atoms with Gasteiger partial charge in [0.2, 0.25) is 0 Å². The van der Waals surface area contributed by atoms with E-state index < -0.39 is 9.84 Å². The molecule has 3 rings (SSSR count). The Labute approximate surface area is 139 Å². The number of nitrogens with one attached hydrogen (secondary N) is 1. The summed E-state index contributed by atoms with van der Waals surface area (Å²) in [5, 5.41) is 3.27. The van der Waals surface area contributed by atoms with E-state index in [0.717, 1.165) is 5.56 Å². The second-order valence-electron chi connectivity index (χ2n) is 5.62. The van der Waals surface area contributed by atoms with Crippen molar-refractivity contribution in [2.24, 2.45) is 5.92 Å². The van der Waals surface area contributed by atoms with Gasteiger partial charge in [0, 0.05) is 12.1 Å². The minimum absolute atomic E-state index is 0.0260. The molecule has 0 saturated carbocycles. The highest BCUT2D eigenvalue weighted by Gasteiger charge is 2.28. The first-order valence-corrected chi connectivity index (χ1v) is 9.48. The molecule has 0 aliphatic carbocycles. The summed E-state index contributed by atoms with van der Waals surface area (Å²) in [6.07, 6.45) is 0.589. The van der Waals surface area contributed by atoms with E-state index in [2.05, 4.69) is 5.32 Å². The summed E-state index contributed by atoms with van der Waals surface area (Å²) in [6.45, 7) is 0.334. The van der Waals surface area contributed by atoms with Gasteiger partial charge < -0.3 is 9.73 Å². The Morgan fingerprint density at radius 3 is 2.74 bits per heavy atom.